The van der Waals surface area contributed by atoms with Gasteiger partial charge in [0.1, 0.15) is 0 Å². The SMILES string of the molecule is Cc1ccc2sc(CO)cc2c1N. The summed E-state index contributed by atoms with van der Waals surface area (Å²) in [6.07, 6.45) is 0. The Bertz CT molecular complexity index is 447. The number of benzene rings is 1. The minimum absolute atomic E-state index is 0.0951. The molecule has 0 bridgehead atoms. The molecule has 2 aromatic rings. The second kappa shape index (κ2) is 3.01. The quantitative estimate of drug-likeness (QED) is 0.682. The van der Waals surface area contributed by atoms with E-state index < -0.39 is 0 Å². The molecule has 0 atom stereocenters. The first-order valence-corrected chi connectivity index (χ1v) is 4.92. The number of nitrogen functional groups attached to an aromatic ring is 1. The van der Waals surface area contributed by atoms with Crippen molar-refractivity contribution in [3.8, 4) is 0 Å². The van der Waals surface area contributed by atoms with Gasteiger partial charge in [-0.05, 0) is 24.6 Å². The third-order valence-electron chi connectivity index (χ3n) is 2.17. The van der Waals surface area contributed by atoms with Crippen molar-refractivity contribution in [3.05, 3.63) is 28.6 Å². The molecule has 2 nitrogen and oxygen atoms in total. The number of hydrogen-bond donors (Lipinski definition) is 2. The Hall–Kier alpha value is -1.06. The lowest BCUT2D eigenvalue weighted by Gasteiger charge is -1.99. The molecule has 68 valence electrons. The van der Waals surface area contributed by atoms with Gasteiger partial charge < -0.3 is 10.8 Å². The van der Waals surface area contributed by atoms with E-state index in [-0.39, 0.29) is 6.61 Å². The summed E-state index contributed by atoms with van der Waals surface area (Å²) in [6, 6.07) is 6.02. The zero-order valence-electron chi connectivity index (χ0n) is 7.37. The molecule has 2 rings (SSSR count). The molecule has 3 N–H and O–H groups in total. The van der Waals surface area contributed by atoms with Crippen LogP contribution in [-0.2, 0) is 6.61 Å². The van der Waals surface area contributed by atoms with E-state index >= 15 is 0 Å². The van der Waals surface area contributed by atoms with Gasteiger partial charge in [-0.3, -0.25) is 0 Å². The van der Waals surface area contributed by atoms with E-state index in [1.165, 1.54) is 0 Å². The van der Waals surface area contributed by atoms with Gasteiger partial charge in [0.05, 0.1) is 6.61 Å². The number of fused-ring (bicyclic) bond motifs is 1. The van der Waals surface area contributed by atoms with Crippen molar-refractivity contribution in [1.29, 1.82) is 0 Å². The van der Waals surface area contributed by atoms with Crippen molar-refractivity contribution >= 4 is 27.1 Å². The minimum atomic E-state index is 0.0951. The Labute approximate surface area is 80.6 Å². The van der Waals surface area contributed by atoms with Gasteiger partial charge in [0, 0.05) is 20.7 Å². The minimum Gasteiger partial charge on any atom is -0.398 e. The largest absolute Gasteiger partial charge is 0.398 e. The maximum absolute atomic E-state index is 8.97. The van der Waals surface area contributed by atoms with Crippen LogP contribution in [0, 0.1) is 6.92 Å². The summed E-state index contributed by atoms with van der Waals surface area (Å²) in [5, 5.41) is 10.0. The molecule has 1 aromatic heterocycles. The molecule has 1 aromatic carbocycles. The van der Waals surface area contributed by atoms with Crippen molar-refractivity contribution in [1.82, 2.24) is 0 Å². The van der Waals surface area contributed by atoms with Crippen LogP contribution in [0.25, 0.3) is 10.1 Å². The predicted molar refractivity (Wildman–Crippen MR) is 56.9 cm³/mol. The monoisotopic (exact) mass is 193 g/mol. The van der Waals surface area contributed by atoms with Gasteiger partial charge in [-0.1, -0.05) is 6.07 Å². The van der Waals surface area contributed by atoms with Gasteiger partial charge in [-0.15, -0.1) is 11.3 Å². The van der Waals surface area contributed by atoms with E-state index in [0.717, 1.165) is 26.2 Å². The second-order valence-electron chi connectivity index (χ2n) is 3.08. The molecule has 0 unspecified atom stereocenters. The lowest BCUT2D eigenvalue weighted by atomic mass is 10.1. The van der Waals surface area contributed by atoms with Crippen LogP contribution in [0.3, 0.4) is 0 Å². The van der Waals surface area contributed by atoms with Crippen LogP contribution in [0.5, 0.6) is 0 Å². The van der Waals surface area contributed by atoms with E-state index in [2.05, 4.69) is 0 Å². The maximum atomic E-state index is 8.97. The number of rotatable bonds is 1. The van der Waals surface area contributed by atoms with Crippen molar-refractivity contribution < 1.29 is 5.11 Å². The van der Waals surface area contributed by atoms with Crippen LogP contribution < -0.4 is 5.73 Å². The highest BCUT2D eigenvalue weighted by Crippen LogP contribution is 2.31. The standard InChI is InChI=1S/C10H11NOS/c1-6-2-3-9-8(10(6)11)4-7(5-12)13-9/h2-4,12H,5,11H2,1H3. The molecule has 13 heavy (non-hydrogen) atoms. The van der Waals surface area contributed by atoms with Crippen molar-refractivity contribution in [2.24, 2.45) is 0 Å². The van der Waals surface area contributed by atoms with E-state index in [1.54, 1.807) is 11.3 Å². The Kier molecular flexibility index (Phi) is 1.98. The summed E-state index contributed by atoms with van der Waals surface area (Å²) in [5.41, 5.74) is 7.83. The van der Waals surface area contributed by atoms with Gasteiger partial charge >= 0.3 is 0 Å². The van der Waals surface area contributed by atoms with E-state index in [4.69, 9.17) is 10.8 Å². The topological polar surface area (TPSA) is 46.2 Å². The van der Waals surface area contributed by atoms with Crippen molar-refractivity contribution in [3.63, 3.8) is 0 Å². The first-order valence-electron chi connectivity index (χ1n) is 4.10. The molecule has 0 aliphatic heterocycles. The number of aliphatic hydroxyl groups excluding tert-OH is 1. The molecule has 0 radical (unpaired) electrons. The van der Waals surface area contributed by atoms with Crippen LogP contribution in [0.2, 0.25) is 0 Å². The molecular formula is C10H11NOS. The van der Waals surface area contributed by atoms with Crippen LogP contribution >= 0.6 is 11.3 Å². The van der Waals surface area contributed by atoms with Crippen LogP contribution in [-0.4, -0.2) is 5.11 Å². The third-order valence-corrected chi connectivity index (χ3v) is 3.25. The molecule has 0 amide bonds. The van der Waals surface area contributed by atoms with Crippen LogP contribution in [0.1, 0.15) is 10.4 Å². The fraction of sp³-hybridized carbons (Fsp3) is 0.200. The summed E-state index contributed by atoms with van der Waals surface area (Å²) in [4.78, 5) is 0.965. The summed E-state index contributed by atoms with van der Waals surface area (Å²) in [7, 11) is 0. The first kappa shape index (κ1) is 8.53. The Morgan fingerprint density at radius 1 is 1.46 bits per heavy atom. The molecule has 0 saturated heterocycles. The molecule has 0 aliphatic rings. The second-order valence-corrected chi connectivity index (χ2v) is 4.25. The smallest absolute Gasteiger partial charge is 0.0774 e. The fourth-order valence-electron chi connectivity index (χ4n) is 1.37. The highest BCUT2D eigenvalue weighted by atomic mass is 32.1. The normalized spacial score (nSPS) is 10.9. The Balaban J connectivity index is 2.76. The number of anilines is 1. The number of nitrogens with two attached hydrogens (primary N) is 1. The summed E-state index contributed by atoms with van der Waals surface area (Å²) >= 11 is 1.59. The zero-order chi connectivity index (χ0) is 9.42. The zero-order valence-corrected chi connectivity index (χ0v) is 8.19. The van der Waals surface area contributed by atoms with Gasteiger partial charge in [0.2, 0.25) is 0 Å². The van der Waals surface area contributed by atoms with Crippen molar-refractivity contribution in [2.75, 3.05) is 5.73 Å². The third kappa shape index (κ3) is 1.30. The molecule has 3 heteroatoms. The van der Waals surface area contributed by atoms with Gasteiger partial charge in [-0.2, -0.15) is 0 Å². The first-order chi connectivity index (χ1) is 6.22. The van der Waals surface area contributed by atoms with Gasteiger partial charge in [0.25, 0.3) is 0 Å². The van der Waals surface area contributed by atoms with E-state index in [0.29, 0.717) is 0 Å². The van der Waals surface area contributed by atoms with E-state index in [9.17, 15) is 0 Å². The fourth-order valence-corrected chi connectivity index (χ4v) is 2.31. The molecule has 0 fully saturated rings. The van der Waals surface area contributed by atoms with Crippen LogP contribution in [0.15, 0.2) is 18.2 Å². The number of hydrogen-bond acceptors (Lipinski definition) is 3. The molecule has 0 saturated carbocycles. The number of aryl methyl sites for hydroxylation is 1. The molecule has 0 aliphatic carbocycles. The summed E-state index contributed by atoms with van der Waals surface area (Å²) in [5.74, 6) is 0. The predicted octanol–water partition coefficient (Wildman–Crippen LogP) is 2.28. The number of aliphatic hydroxyl groups is 1. The Morgan fingerprint density at radius 2 is 2.23 bits per heavy atom. The molecule has 1 heterocycles. The van der Waals surface area contributed by atoms with Gasteiger partial charge in [-0.25, -0.2) is 0 Å². The average Bonchev–Trinajstić information content (AvgIpc) is 2.55. The molecular weight excluding hydrogens is 182 g/mol. The average molecular weight is 193 g/mol. The van der Waals surface area contributed by atoms with Crippen LogP contribution in [0.4, 0.5) is 5.69 Å². The lowest BCUT2D eigenvalue weighted by Crippen LogP contribution is -1.88. The highest BCUT2D eigenvalue weighted by molar-refractivity contribution is 7.19. The highest BCUT2D eigenvalue weighted by Gasteiger charge is 2.05. The Morgan fingerprint density at radius 3 is 2.92 bits per heavy atom. The number of thiophene rings is 1. The van der Waals surface area contributed by atoms with Crippen molar-refractivity contribution in [2.45, 2.75) is 13.5 Å². The van der Waals surface area contributed by atoms with Gasteiger partial charge in [0.15, 0.2) is 0 Å². The molecule has 0 spiro atoms. The summed E-state index contributed by atoms with van der Waals surface area (Å²) in [6.45, 7) is 2.09. The summed E-state index contributed by atoms with van der Waals surface area (Å²) < 4.78 is 1.15. The van der Waals surface area contributed by atoms with E-state index in [1.807, 2.05) is 25.1 Å². The lowest BCUT2D eigenvalue weighted by molar-refractivity contribution is 0.285. The maximum Gasteiger partial charge on any atom is 0.0774 e.